The third-order valence-corrected chi connectivity index (χ3v) is 26.2. The number of hydrogen-bond acceptors (Lipinski definition) is 12. The van der Waals surface area contributed by atoms with Gasteiger partial charge in [0.2, 0.25) is 0 Å². The summed E-state index contributed by atoms with van der Waals surface area (Å²) in [5, 5.41) is 30.1. The number of nitrogens with zero attached hydrogens (tertiary/aromatic N) is 2. The summed E-state index contributed by atoms with van der Waals surface area (Å²) in [4.78, 5) is 5.74. The molecule has 69 heavy (non-hydrogen) atoms. The number of thioether (sulfide) groups is 4. The van der Waals surface area contributed by atoms with Crippen molar-refractivity contribution in [2.45, 2.75) is 167 Å². The van der Waals surface area contributed by atoms with Crippen LogP contribution < -0.4 is 31.9 Å². The Morgan fingerprint density at radius 2 is 0.623 bits per heavy atom. The van der Waals surface area contributed by atoms with Gasteiger partial charge in [0, 0.05) is 0 Å². The molecule has 6 heterocycles. The number of fused-ring (bicyclic) bond motifs is 16. The first kappa shape index (κ1) is 46.1. The van der Waals surface area contributed by atoms with Gasteiger partial charge < -0.3 is 0 Å². The molecule has 10 fully saturated rings. The Morgan fingerprint density at radius 1 is 0.319 bits per heavy atom. The monoisotopic (exact) mass is 1010 g/mol. The van der Waals surface area contributed by atoms with E-state index in [4.69, 9.17) is 21.3 Å². The Labute approximate surface area is 434 Å². The average molecular weight is 1010 g/mol. The Kier molecular flexibility index (Phi) is 13.3. The number of benzene rings is 4. The molecule has 6 saturated heterocycles. The van der Waals surface area contributed by atoms with E-state index in [0.717, 1.165) is 0 Å². The molecule has 6 aliphatic heterocycles. The van der Waals surface area contributed by atoms with Crippen LogP contribution in [-0.4, -0.2) is 93.8 Å². The zero-order valence-electron chi connectivity index (χ0n) is 39.7. The summed E-state index contributed by atoms with van der Waals surface area (Å²) in [6.45, 7) is 0. The van der Waals surface area contributed by atoms with E-state index in [0.29, 0.717) is 93.0 Å². The summed E-state index contributed by atoms with van der Waals surface area (Å²) < 4.78 is 6.29. The fourth-order valence-electron chi connectivity index (χ4n) is 16.1. The maximum absolute atomic E-state index is 4.70. The summed E-state index contributed by atoms with van der Waals surface area (Å²) >= 11 is 8.55. The molecule has 4 aromatic carbocycles. The fraction of sp³-hybridized carbons (Fsp3) is 0.571. The fourth-order valence-corrected chi connectivity index (χ4v) is 24.0. The van der Waals surface area contributed by atoms with E-state index in [-0.39, 0.29) is 40.3 Å². The molecule has 0 radical (unpaired) electrons. The molecule has 13 heteroatoms. The molecule has 6 bridgehead atoms. The topological polar surface area (TPSA) is 78.7 Å². The normalized spacial score (nSPS) is 43.3. The molecule has 8 nitrogen and oxygen atoms in total. The van der Waals surface area contributed by atoms with Gasteiger partial charge in [-0.15, -0.1) is 0 Å². The minimum atomic E-state index is -0.210. The van der Waals surface area contributed by atoms with Crippen LogP contribution in [0.25, 0.3) is 0 Å². The molecule has 0 aromatic heterocycles. The summed E-state index contributed by atoms with van der Waals surface area (Å²) in [6.07, 6.45) is 18.0. The van der Waals surface area contributed by atoms with Crippen molar-refractivity contribution in [2.24, 2.45) is 47.3 Å². The molecule has 4 aromatic rings. The molecule has 0 amide bonds. The Hall–Kier alpha value is -1.51. The van der Waals surface area contributed by atoms with Crippen LogP contribution in [0.3, 0.4) is 0 Å². The molecule has 10 aliphatic rings. The predicted octanol–water partition coefficient (Wildman–Crippen LogP) is 9.66. The molecule has 4 aliphatic carbocycles. The Morgan fingerprint density at radius 3 is 0.971 bits per heavy atom. The van der Waals surface area contributed by atoms with E-state index in [1.807, 2.05) is 0 Å². The van der Waals surface area contributed by atoms with Gasteiger partial charge >= 0.3 is 438 Å². The van der Waals surface area contributed by atoms with Crippen molar-refractivity contribution >= 4 is 62.7 Å². The van der Waals surface area contributed by atoms with E-state index in [2.05, 4.69) is 187 Å². The first-order valence-electron chi connectivity index (χ1n) is 27.0. The summed E-state index contributed by atoms with van der Waals surface area (Å²) in [5.41, 5.74) is 0. The van der Waals surface area contributed by atoms with Crippen LogP contribution in [0.5, 0.6) is 0 Å². The van der Waals surface area contributed by atoms with E-state index >= 15 is 0 Å². The summed E-state index contributed by atoms with van der Waals surface area (Å²) in [6, 6.07) is 45.7. The van der Waals surface area contributed by atoms with Gasteiger partial charge in [0.15, 0.2) is 0 Å². The van der Waals surface area contributed by atoms with Crippen molar-refractivity contribution in [3.8, 4) is 0 Å². The molecular weight excluding hydrogens is 940 g/mol. The van der Waals surface area contributed by atoms with Gasteiger partial charge in [-0.25, -0.2) is 0 Å². The Balaban J connectivity index is 0.905. The second-order valence-electron chi connectivity index (χ2n) is 22.3. The van der Waals surface area contributed by atoms with Gasteiger partial charge in [0.25, 0.3) is 0 Å². The van der Waals surface area contributed by atoms with Crippen molar-refractivity contribution in [3.63, 3.8) is 0 Å². The molecule has 6 N–H and O–H groups in total. The van der Waals surface area contributed by atoms with Gasteiger partial charge in [-0.3, -0.25) is 0 Å². The third kappa shape index (κ3) is 8.68. The molecule has 20 atom stereocenters. The van der Waals surface area contributed by atoms with Crippen molar-refractivity contribution in [3.05, 3.63) is 121 Å². The third-order valence-electron chi connectivity index (χ3n) is 18.8. The first-order chi connectivity index (χ1) is 34.2. The van der Waals surface area contributed by atoms with Gasteiger partial charge in [-0.2, -0.15) is 0 Å². The van der Waals surface area contributed by atoms with Crippen LogP contribution in [0.1, 0.15) is 77.0 Å². The van der Waals surface area contributed by atoms with Crippen LogP contribution in [0.15, 0.2) is 141 Å². The molecule has 360 valence electrons. The van der Waals surface area contributed by atoms with Crippen molar-refractivity contribution < 1.29 is 0 Å². The quantitative estimate of drug-likeness (QED) is 0.0953. The zero-order chi connectivity index (χ0) is 45.4. The van der Waals surface area contributed by atoms with E-state index in [1.165, 1.54) is 96.6 Å². The van der Waals surface area contributed by atoms with Gasteiger partial charge in [-0.05, 0) is 0 Å². The second kappa shape index (κ2) is 20.0. The molecule has 14 rings (SSSR count). The standard InChI is InChI=1S/C56H70N8S4.Al/c1-5-17-33(18-6-1)65-41-29-13-25-37-45(41)53-57-49(37)62-54-47-39(27-15-31-43(47)67-35-21-9-3-10-22-35)51(59-54)64-56-48-40(28-16-32-44(48)68-36-23-11-4-12-24-36)52(60-56)63-55-46-38(50(58-55)61-53)26-14-30-42(46)66-34-19-7-2-8-20-34;/h1-12,17-24,37-57,60-64H,13-16,25-32H2;/q-2;+3. The van der Waals surface area contributed by atoms with Gasteiger partial charge in [-0.1, -0.05) is 0 Å². The number of hydrogen-bond donors (Lipinski definition) is 6. The zero-order valence-corrected chi connectivity index (χ0v) is 44.1. The van der Waals surface area contributed by atoms with Crippen LogP contribution in [0.2, 0.25) is 0 Å². The van der Waals surface area contributed by atoms with Crippen LogP contribution in [0, 0.1) is 47.3 Å². The number of rotatable bonds is 8. The average Bonchev–Trinajstić information content (AvgIpc) is 4.10. The van der Waals surface area contributed by atoms with E-state index in [1.54, 1.807) is 0 Å². The van der Waals surface area contributed by atoms with Gasteiger partial charge in [0.1, 0.15) is 0 Å². The van der Waals surface area contributed by atoms with Crippen molar-refractivity contribution in [1.82, 2.24) is 39.7 Å². The van der Waals surface area contributed by atoms with E-state index in [9.17, 15) is 0 Å². The SMILES string of the molecule is c1ccc(SC2CCCC3C4NC(NC5C6CCCC(Sc7ccccc7)C6C6NC7NC(NC8C9CCCC(Sc%10ccccc%10)C9C(N4)[N]8[Al+][N]56)C4C(Sc5ccccc5)CCCC74)C23)cc1. The molecule has 0 spiro atoms. The van der Waals surface area contributed by atoms with Gasteiger partial charge in [0.05, 0.1) is 0 Å². The summed E-state index contributed by atoms with van der Waals surface area (Å²) in [7, 11) is 0. The van der Waals surface area contributed by atoms with Crippen molar-refractivity contribution in [1.29, 1.82) is 0 Å². The first-order valence-corrected chi connectivity index (χ1v) is 31.6. The number of nitrogens with one attached hydrogen (secondary N) is 6. The molecule has 20 unspecified atom stereocenters. The predicted molar refractivity (Wildman–Crippen MR) is 286 cm³/mol. The van der Waals surface area contributed by atoms with Crippen molar-refractivity contribution in [2.75, 3.05) is 0 Å². The van der Waals surface area contributed by atoms with Crippen LogP contribution in [-0.2, 0) is 0 Å². The van der Waals surface area contributed by atoms with Crippen LogP contribution in [0.4, 0.5) is 0 Å². The summed E-state index contributed by atoms with van der Waals surface area (Å²) in [5.74, 6) is 4.53. The molecular formula is C56H70AlN8S4+. The van der Waals surface area contributed by atoms with Crippen LogP contribution >= 0.6 is 47.0 Å². The molecule has 4 saturated carbocycles. The Bertz CT molecular complexity index is 2200. The minimum absolute atomic E-state index is 0.210. The maximum atomic E-state index is 4.70. The van der Waals surface area contributed by atoms with E-state index < -0.39 is 0 Å². The second-order valence-corrected chi connectivity index (χ2v) is 28.9.